The second kappa shape index (κ2) is 2.42. The van der Waals surface area contributed by atoms with Gasteiger partial charge in [0.25, 0.3) is 0 Å². The molecule has 1 saturated carbocycles. The summed E-state index contributed by atoms with van der Waals surface area (Å²) in [5.74, 6) is 2.25. The van der Waals surface area contributed by atoms with Gasteiger partial charge in [0.05, 0.1) is 4.87 Å². The van der Waals surface area contributed by atoms with E-state index in [2.05, 4.69) is 24.0 Å². The maximum absolute atomic E-state index is 3.64. The van der Waals surface area contributed by atoms with Crippen LogP contribution in [0.1, 0.15) is 26.2 Å². The van der Waals surface area contributed by atoms with Crippen LogP contribution in [0.5, 0.6) is 0 Å². The number of rotatable bonds is 0. The Morgan fingerprint density at radius 3 is 2.70 bits per heavy atom. The van der Waals surface area contributed by atoms with E-state index in [0.29, 0.717) is 4.87 Å². The topological polar surface area (TPSA) is 12.0 Å². The molecule has 1 atom stereocenters. The van der Waals surface area contributed by atoms with Crippen molar-refractivity contribution in [2.45, 2.75) is 31.1 Å². The lowest BCUT2D eigenvalue weighted by Gasteiger charge is -2.46. The van der Waals surface area contributed by atoms with Gasteiger partial charge in [-0.2, -0.15) is 0 Å². The van der Waals surface area contributed by atoms with Crippen molar-refractivity contribution in [2.24, 2.45) is 5.92 Å². The van der Waals surface area contributed by atoms with Crippen LogP contribution in [-0.2, 0) is 0 Å². The minimum absolute atomic E-state index is 0.548. The largest absolute Gasteiger partial charge is 0.303 e. The minimum atomic E-state index is 0.548. The second-order valence-corrected chi connectivity index (χ2v) is 5.05. The van der Waals surface area contributed by atoms with Gasteiger partial charge in [-0.3, -0.25) is 0 Å². The predicted molar refractivity (Wildman–Crippen MR) is 46.2 cm³/mol. The van der Waals surface area contributed by atoms with Gasteiger partial charge in [-0.05, 0) is 37.5 Å². The zero-order valence-electron chi connectivity index (χ0n) is 6.52. The van der Waals surface area contributed by atoms with Crippen LogP contribution >= 0.6 is 11.8 Å². The van der Waals surface area contributed by atoms with E-state index in [0.717, 1.165) is 5.92 Å². The summed E-state index contributed by atoms with van der Waals surface area (Å²) >= 11 is 2.15. The molecule has 0 aromatic heterocycles. The highest BCUT2D eigenvalue weighted by Gasteiger charge is 2.39. The van der Waals surface area contributed by atoms with Gasteiger partial charge in [0.2, 0.25) is 0 Å². The first kappa shape index (κ1) is 6.99. The minimum Gasteiger partial charge on any atom is -0.303 e. The fraction of sp³-hybridized carbons (Fsp3) is 1.00. The van der Waals surface area contributed by atoms with E-state index in [4.69, 9.17) is 0 Å². The van der Waals surface area contributed by atoms with Crippen molar-refractivity contribution in [2.75, 3.05) is 12.3 Å². The normalized spacial score (nSPS) is 37.5. The first-order valence-corrected chi connectivity index (χ1v) is 5.18. The lowest BCUT2D eigenvalue weighted by Crippen LogP contribution is -2.53. The van der Waals surface area contributed by atoms with Crippen LogP contribution < -0.4 is 5.32 Å². The molecule has 2 rings (SSSR count). The maximum atomic E-state index is 3.64. The van der Waals surface area contributed by atoms with Crippen LogP contribution in [0, 0.1) is 5.92 Å². The summed E-state index contributed by atoms with van der Waals surface area (Å²) in [6.45, 7) is 3.57. The first-order valence-electron chi connectivity index (χ1n) is 4.20. The van der Waals surface area contributed by atoms with Crippen LogP contribution in [0.2, 0.25) is 0 Å². The molecular formula is C8H15NS. The Hall–Kier alpha value is 0.310. The van der Waals surface area contributed by atoms with Crippen molar-refractivity contribution in [3.63, 3.8) is 0 Å². The molecule has 1 nitrogen and oxygen atoms in total. The average Bonchev–Trinajstić information content (AvgIpc) is 1.86. The molecule has 0 amide bonds. The van der Waals surface area contributed by atoms with Crippen LogP contribution in [0.25, 0.3) is 0 Å². The molecule has 10 heavy (non-hydrogen) atoms. The molecule has 1 spiro atoms. The molecule has 0 bridgehead atoms. The van der Waals surface area contributed by atoms with Crippen LogP contribution in [0.4, 0.5) is 0 Å². The van der Waals surface area contributed by atoms with E-state index in [-0.39, 0.29) is 0 Å². The third kappa shape index (κ3) is 1.08. The summed E-state index contributed by atoms with van der Waals surface area (Å²) in [7, 11) is 0. The van der Waals surface area contributed by atoms with Gasteiger partial charge in [0.15, 0.2) is 0 Å². The Kier molecular flexibility index (Phi) is 1.69. The fourth-order valence-corrected chi connectivity index (χ4v) is 3.08. The van der Waals surface area contributed by atoms with Crippen molar-refractivity contribution < 1.29 is 0 Å². The molecular weight excluding hydrogens is 142 g/mol. The monoisotopic (exact) mass is 157 g/mol. The molecule has 0 aromatic carbocycles. The van der Waals surface area contributed by atoms with Crippen molar-refractivity contribution in [1.82, 2.24) is 5.32 Å². The highest BCUT2D eigenvalue weighted by molar-refractivity contribution is 8.00. The number of hydrogen-bond donors (Lipinski definition) is 1. The molecule has 58 valence electrons. The summed E-state index contributed by atoms with van der Waals surface area (Å²) in [5, 5.41) is 3.64. The van der Waals surface area contributed by atoms with Gasteiger partial charge >= 0.3 is 0 Å². The SMILES string of the molecule is CC1CNC2(CCC2)SC1. The first-order chi connectivity index (χ1) is 4.81. The van der Waals surface area contributed by atoms with E-state index in [1.807, 2.05) is 0 Å². The third-order valence-corrected chi connectivity index (χ3v) is 4.42. The molecule has 1 aliphatic heterocycles. The van der Waals surface area contributed by atoms with Gasteiger partial charge in [-0.1, -0.05) is 6.92 Å². The standard InChI is InChI=1S/C8H15NS/c1-7-5-9-8(10-6-7)3-2-4-8/h7,9H,2-6H2,1H3. The summed E-state index contributed by atoms with van der Waals surface area (Å²) < 4.78 is 0. The lowest BCUT2D eigenvalue weighted by atomic mass is 9.91. The van der Waals surface area contributed by atoms with E-state index in [9.17, 15) is 0 Å². The molecule has 1 heterocycles. The van der Waals surface area contributed by atoms with Crippen LogP contribution in [0.3, 0.4) is 0 Å². The average molecular weight is 157 g/mol. The molecule has 2 aliphatic rings. The Labute approximate surface area is 67.0 Å². The molecule has 1 aliphatic carbocycles. The van der Waals surface area contributed by atoms with Crippen LogP contribution in [0.15, 0.2) is 0 Å². The lowest BCUT2D eigenvalue weighted by molar-refractivity contribution is 0.276. The zero-order valence-corrected chi connectivity index (χ0v) is 7.34. The predicted octanol–water partition coefficient (Wildman–Crippen LogP) is 1.84. The van der Waals surface area contributed by atoms with E-state index in [1.54, 1.807) is 0 Å². The Balaban J connectivity index is 1.90. The highest BCUT2D eigenvalue weighted by Crippen LogP contribution is 2.44. The van der Waals surface area contributed by atoms with Crippen molar-refractivity contribution in [3.8, 4) is 0 Å². The molecule has 0 aromatic rings. The van der Waals surface area contributed by atoms with E-state index in [1.165, 1.54) is 31.6 Å². The molecule has 1 saturated heterocycles. The number of thioether (sulfide) groups is 1. The quantitative estimate of drug-likeness (QED) is 0.576. The number of hydrogen-bond acceptors (Lipinski definition) is 2. The van der Waals surface area contributed by atoms with Gasteiger partial charge in [0.1, 0.15) is 0 Å². The molecule has 1 N–H and O–H groups in total. The fourth-order valence-electron chi connectivity index (χ4n) is 1.59. The van der Waals surface area contributed by atoms with Gasteiger partial charge in [0, 0.05) is 0 Å². The Morgan fingerprint density at radius 1 is 1.50 bits per heavy atom. The molecule has 2 heteroatoms. The maximum Gasteiger partial charge on any atom is 0.0645 e. The summed E-state index contributed by atoms with van der Waals surface area (Å²) in [5.41, 5.74) is 0. The van der Waals surface area contributed by atoms with E-state index >= 15 is 0 Å². The van der Waals surface area contributed by atoms with Crippen molar-refractivity contribution >= 4 is 11.8 Å². The molecule has 0 radical (unpaired) electrons. The summed E-state index contributed by atoms with van der Waals surface area (Å²) in [6, 6.07) is 0. The van der Waals surface area contributed by atoms with Gasteiger partial charge in [-0.25, -0.2) is 0 Å². The van der Waals surface area contributed by atoms with E-state index < -0.39 is 0 Å². The van der Waals surface area contributed by atoms with Crippen molar-refractivity contribution in [1.29, 1.82) is 0 Å². The highest BCUT2D eigenvalue weighted by atomic mass is 32.2. The molecule has 2 fully saturated rings. The molecule has 1 unspecified atom stereocenters. The zero-order chi connectivity index (χ0) is 7.03. The van der Waals surface area contributed by atoms with Crippen molar-refractivity contribution in [3.05, 3.63) is 0 Å². The Morgan fingerprint density at radius 2 is 2.30 bits per heavy atom. The van der Waals surface area contributed by atoms with Crippen LogP contribution in [-0.4, -0.2) is 17.2 Å². The number of nitrogens with one attached hydrogen (secondary N) is 1. The summed E-state index contributed by atoms with van der Waals surface area (Å²) in [6.07, 6.45) is 4.25. The van der Waals surface area contributed by atoms with Gasteiger partial charge in [-0.15, -0.1) is 11.8 Å². The Bertz CT molecular complexity index is 121. The second-order valence-electron chi connectivity index (χ2n) is 3.64. The smallest absolute Gasteiger partial charge is 0.0645 e. The van der Waals surface area contributed by atoms with Gasteiger partial charge < -0.3 is 5.32 Å². The third-order valence-electron chi connectivity index (χ3n) is 2.58. The summed E-state index contributed by atoms with van der Waals surface area (Å²) in [4.78, 5) is 0.548.